The van der Waals surface area contributed by atoms with Gasteiger partial charge in [0, 0.05) is 6.04 Å². The summed E-state index contributed by atoms with van der Waals surface area (Å²) in [5.41, 5.74) is 0. The van der Waals surface area contributed by atoms with Gasteiger partial charge in [0.05, 0.1) is 12.1 Å². The maximum Gasteiger partial charge on any atom is 0.253 e. The molecule has 1 fully saturated rings. The van der Waals surface area contributed by atoms with Crippen LogP contribution in [0.4, 0.5) is 8.78 Å². The summed E-state index contributed by atoms with van der Waals surface area (Å²) in [6.07, 6.45) is 0.608. The zero-order valence-corrected chi connectivity index (χ0v) is 7.84. The standard InChI is InChI=1S/C9H17F2NO/c1-6(9(10)11)12-7-3-2-4-8(13)5-7/h6-9,12-13H,2-5H2,1H3. The molecule has 0 saturated heterocycles. The first-order valence-corrected chi connectivity index (χ1v) is 4.82. The molecule has 0 bridgehead atoms. The van der Waals surface area contributed by atoms with Crippen molar-refractivity contribution in [3.63, 3.8) is 0 Å². The van der Waals surface area contributed by atoms with E-state index in [4.69, 9.17) is 0 Å². The van der Waals surface area contributed by atoms with Gasteiger partial charge in [0.2, 0.25) is 0 Å². The second-order valence-electron chi connectivity index (χ2n) is 3.81. The quantitative estimate of drug-likeness (QED) is 0.712. The molecule has 4 heteroatoms. The van der Waals surface area contributed by atoms with Gasteiger partial charge in [-0.05, 0) is 32.6 Å². The number of aliphatic hydroxyl groups is 1. The Morgan fingerprint density at radius 3 is 2.62 bits per heavy atom. The lowest BCUT2D eigenvalue weighted by molar-refractivity contribution is 0.0740. The third kappa shape index (κ3) is 3.56. The number of nitrogens with one attached hydrogen (secondary N) is 1. The van der Waals surface area contributed by atoms with Gasteiger partial charge in [-0.3, -0.25) is 0 Å². The summed E-state index contributed by atoms with van der Waals surface area (Å²) in [4.78, 5) is 0. The van der Waals surface area contributed by atoms with Crippen LogP contribution in [-0.4, -0.2) is 29.7 Å². The Kier molecular flexibility index (Phi) is 4.06. The van der Waals surface area contributed by atoms with E-state index in [1.807, 2.05) is 0 Å². The summed E-state index contributed by atoms with van der Waals surface area (Å²) in [5, 5.41) is 12.1. The average Bonchev–Trinajstić information content (AvgIpc) is 2.04. The van der Waals surface area contributed by atoms with Gasteiger partial charge in [0.1, 0.15) is 0 Å². The number of halogens is 2. The molecule has 1 aliphatic rings. The molecular formula is C9H17F2NO. The number of aliphatic hydroxyl groups excluding tert-OH is 1. The second-order valence-corrected chi connectivity index (χ2v) is 3.81. The van der Waals surface area contributed by atoms with Crippen molar-refractivity contribution < 1.29 is 13.9 Å². The van der Waals surface area contributed by atoms with Crippen LogP contribution in [0.5, 0.6) is 0 Å². The molecule has 3 unspecified atom stereocenters. The van der Waals surface area contributed by atoms with Crippen molar-refractivity contribution in [3.8, 4) is 0 Å². The Morgan fingerprint density at radius 2 is 2.08 bits per heavy atom. The van der Waals surface area contributed by atoms with Gasteiger partial charge in [-0.1, -0.05) is 0 Å². The van der Waals surface area contributed by atoms with Crippen molar-refractivity contribution in [2.45, 2.75) is 57.2 Å². The number of alkyl halides is 2. The normalized spacial score (nSPS) is 32.1. The maximum atomic E-state index is 12.2. The largest absolute Gasteiger partial charge is 0.393 e. The predicted molar refractivity (Wildman–Crippen MR) is 46.9 cm³/mol. The van der Waals surface area contributed by atoms with Crippen LogP contribution < -0.4 is 5.32 Å². The number of hydrogen-bond acceptors (Lipinski definition) is 2. The van der Waals surface area contributed by atoms with Gasteiger partial charge in [-0.2, -0.15) is 0 Å². The molecule has 0 radical (unpaired) electrons. The summed E-state index contributed by atoms with van der Waals surface area (Å²) in [6, 6.07) is -0.706. The van der Waals surface area contributed by atoms with Crippen LogP contribution in [0, 0.1) is 0 Å². The van der Waals surface area contributed by atoms with E-state index < -0.39 is 12.5 Å². The minimum Gasteiger partial charge on any atom is -0.393 e. The summed E-state index contributed by atoms with van der Waals surface area (Å²) in [7, 11) is 0. The van der Waals surface area contributed by atoms with E-state index in [2.05, 4.69) is 5.32 Å². The third-order valence-corrected chi connectivity index (χ3v) is 2.52. The van der Waals surface area contributed by atoms with Gasteiger partial charge in [0.15, 0.2) is 0 Å². The first-order valence-electron chi connectivity index (χ1n) is 4.82. The summed E-state index contributed by atoms with van der Waals surface area (Å²) >= 11 is 0. The maximum absolute atomic E-state index is 12.2. The highest BCUT2D eigenvalue weighted by Crippen LogP contribution is 2.19. The van der Waals surface area contributed by atoms with Crippen molar-refractivity contribution in [1.29, 1.82) is 0 Å². The summed E-state index contributed by atoms with van der Waals surface area (Å²) < 4.78 is 24.3. The summed E-state index contributed by atoms with van der Waals surface area (Å²) in [6.45, 7) is 1.48. The molecule has 2 N–H and O–H groups in total. The van der Waals surface area contributed by atoms with Crippen molar-refractivity contribution in [1.82, 2.24) is 5.32 Å². The number of rotatable bonds is 3. The Labute approximate surface area is 77.3 Å². The van der Waals surface area contributed by atoms with Gasteiger partial charge >= 0.3 is 0 Å². The van der Waals surface area contributed by atoms with Crippen molar-refractivity contribution in [2.24, 2.45) is 0 Å². The van der Waals surface area contributed by atoms with Crippen LogP contribution in [0.15, 0.2) is 0 Å². The lowest BCUT2D eigenvalue weighted by atomic mass is 9.92. The molecule has 0 aromatic rings. The number of hydrogen-bond donors (Lipinski definition) is 2. The van der Waals surface area contributed by atoms with Gasteiger partial charge in [-0.15, -0.1) is 0 Å². The zero-order valence-electron chi connectivity index (χ0n) is 7.84. The molecule has 0 amide bonds. The van der Waals surface area contributed by atoms with Gasteiger partial charge < -0.3 is 10.4 Å². The third-order valence-electron chi connectivity index (χ3n) is 2.52. The smallest absolute Gasteiger partial charge is 0.253 e. The highest BCUT2D eigenvalue weighted by molar-refractivity contribution is 4.80. The van der Waals surface area contributed by atoms with Crippen LogP contribution in [-0.2, 0) is 0 Å². The predicted octanol–water partition coefficient (Wildman–Crippen LogP) is 1.53. The first kappa shape index (κ1) is 10.9. The molecule has 13 heavy (non-hydrogen) atoms. The highest BCUT2D eigenvalue weighted by atomic mass is 19.3. The fraction of sp³-hybridized carbons (Fsp3) is 1.00. The SMILES string of the molecule is CC(NC1CCCC(O)C1)C(F)F. The lowest BCUT2D eigenvalue weighted by Crippen LogP contribution is -2.43. The molecule has 78 valence electrons. The van der Waals surface area contributed by atoms with E-state index in [9.17, 15) is 13.9 Å². The Hall–Kier alpha value is -0.220. The van der Waals surface area contributed by atoms with Gasteiger partial charge in [-0.25, -0.2) is 8.78 Å². The van der Waals surface area contributed by atoms with Crippen LogP contribution in [0.2, 0.25) is 0 Å². The monoisotopic (exact) mass is 193 g/mol. The van der Waals surface area contributed by atoms with E-state index in [1.54, 1.807) is 0 Å². The molecule has 0 spiro atoms. The van der Waals surface area contributed by atoms with Crippen LogP contribution in [0.25, 0.3) is 0 Å². The molecule has 3 atom stereocenters. The molecule has 1 rings (SSSR count). The topological polar surface area (TPSA) is 32.3 Å². The van der Waals surface area contributed by atoms with Crippen LogP contribution in [0.1, 0.15) is 32.6 Å². The summed E-state index contributed by atoms with van der Waals surface area (Å²) in [5.74, 6) is 0. The van der Waals surface area contributed by atoms with Gasteiger partial charge in [0.25, 0.3) is 6.43 Å². The van der Waals surface area contributed by atoms with Crippen molar-refractivity contribution in [2.75, 3.05) is 0 Å². The Bertz CT molecular complexity index is 155. The van der Waals surface area contributed by atoms with Crippen molar-refractivity contribution >= 4 is 0 Å². The molecular weight excluding hydrogens is 176 g/mol. The molecule has 0 aromatic heterocycles. The average molecular weight is 193 g/mol. The molecule has 0 aromatic carbocycles. The minimum absolute atomic E-state index is 0.0627. The molecule has 2 nitrogen and oxygen atoms in total. The van der Waals surface area contributed by atoms with E-state index in [-0.39, 0.29) is 12.1 Å². The second kappa shape index (κ2) is 4.86. The van der Waals surface area contributed by atoms with Crippen LogP contribution >= 0.6 is 0 Å². The fourth-order valence-electron chi connectivity index (χ4n) is 1.76. The molecule has 1 aliphatic carbocycles. The minimum atomic E-state index is -2.32. The Morgan fingerprint density at radius 1 is 1.38 bits per heavy atom. The lowest BCUT2D eigenvalue weighted by Gasteiger charge is -2.29. The van der Waals surface area contributed by atoms with Crippen molar-refractivity contribution in [3.05, 3.63) is 0 Å². The highest BCUT2D eigenvalue weighted by Gasteiger charge is 2.24. The molecule has 0 aliphatic heterocycles. The van der Waals surface area contributed by atoms with E-state index in [1.165, 1.54) is 6.92 Å². The first-order chi connectivity index (χ1) is 6.09. The molecule has 0 heterocycles. The van der Waals surface area contributed by atoms with E-state index in [0.29, 0.717) is 6.42 Å². The fourth-order valence-corrected chi connectivity index (χ4v) is 1.76. The van der Waals surface area contributed by atoms with E-state index >= 15 is 0 Å². The molecule has 1 saturated carbocycles. The Balaban J connectivity index is 2.27. The van der Waals surface area contributed by atoms with Crippen LogP contribution in [0.3, 0.4) is 0 Å². The zero-order chi connectivity index (χ0) is 9.84. The van der Waals surface area contributed by atoms with E-state index in [0.717, 1.165) is 19.3 Å².